The van der Waals surface area contributed by atoms with Gasteiger partial charge < -0.3 is 15.3 Å². The van der Waals surface area contributed by atoms with Gasteiger partial charge in [-0.3, -0.25) is 0 Å². The molecule has 5 nitrogen and oxygen atoms in total. The van der Waals surface area contributed by atoms with Crippen LogP contribution >= 0.6 is 11.8 Å². The van der Waals surface area contributed by atoms with E-state index < -0.39 is 17.8 Å². The lowest BCUT2D eigenvalue weighted by Crippen LogP contribution is -2.40. The van der Waals surface area contributed by atoms with Gasteiger partial charge in [0.2, 0.25) is 0 Å². The number of carboxylic acid groups (broad SMARTS) is 1. The van der Waals surface area contributed by atoms with E-state index in [1.54, 1.807) is 16.7 Å². The van der Waals surface area contributed by atoms with Crippen LogP contribution in [0.15, 0.2) is 18.2 Å². The van der Waals surface area contributed by atoms with Crippen LogP contribution in [-0.4, -0.2) is 46.6 Å². The molecule has 1 aromatic carbocycles. The van der Waals surface area contributed by atoms with Crippen LogP contribution < -0.4 is 5.32 Å². The molecule has 1 aromatic rings. The number of nitrogens with zero attached hydrogens (tertiary/aromatic N) is 1. The van der Waals surface area contributed by atoms with Gasteiger partial charge in [0, 0.05) is 24.6 Å². The summed E-state index contributed by atoms with van der Waals surface area (Å²) in [5, 5.41) is 11.4. The second kappa shape index (κ2) is 5.92. The molecule has 0 unspecified atom stereocenters. The number of nitrogens with one attached hydrogen (secondary N) is 1. The monoisotopic (exact) mass is 284 g/mol. The second-order valence-electron chi connectivity index (χ2n) is 4.02. The molecule has 1 fully saturated rings. The molecule has 0 radical (unpaired) electrons. The highest BCUT2D eigenvalue weighted by molar-refractivity contribution is 7.99. The van der Waals surface area contributed by atoms with Gasteiger partial charge in [-0.05, 0) is 18.2 Å². The van der Waals surface area contributed by atoms with Crippen LogP contribution in [0.2, 0.25) is 0 Å². The van der Waals surface area contributed by atoms with Crippen LogP contribution in [0.25, 0.3) is 0 Å². The van der Waals surface area contributed by atoms with Gasteiger partial charge >= 0.3 is 12.0 Å². The molecule has 102 valence electrons. The first-order valence-corrected chi connectivity index (χ1v) is 6.90. The van der Waals surface area contributed by atoms with Gasteiger partial charge in [0.15, 0.2) is 0 Å². The maximum absolute atomic E-state index is 13.1. The number of anilines is 1. The fraction of sp³-hybridized carbons (Fsp3) is 0.333. The molecule has 0 saturated carbocycles. The number of amides is 2. The van der Waals surface area contributed by atoms with Gasteiger partial charge in [-0.2, -0.15) is 11.8 Å². The van der Waals surface area contributed by atoms with Crippen LogP contribution in [0.5, 0.6) is 0 Å². The summed E-state index contributed by atoms with van der Waals surface area (Å²) >= 11 is 1.76. The Bertz CT molecular complexity index is 504. The number of hydrogen-bond donors (Lipinski definition) is 2. The number of carboxylic acids is 1. The minimum atomic E-state index is -1.20. The number of rotatable bonds is 2. The molecule has 0 aromatic heterocycles. The van der Waals surface area contributed by atoms with E-state index >= 15 is 0 Å². The van der Waals surface area contributed by atoms with Crippen molar-refractivity contribution in [1.29, 1.82) is 0 Å². The maximum atomic E-state index is 13.1. The Morgan fingerprint density at radius 1 is 1.32 bits per heavy atom. The van der Waals surface area contributed by atoms with E-state index in [1.165, 1.54) is 0 Å². The molecule has 1 aliphatic heterocycles. The Morgan fingerprint density at radius 3 is 2.63 bits per heavy atom. The molecule has 1 heterocycles. The van der Waals surface area contributed by atoms with E-state index in [4.69, 9.17) is 5.11 Å². The number of carbonyl (C=O) groups excluding carboxylic acids is 1. The Labute approximate surface area is 113 Å². The predicted molar refractivity (Wildman–Crippen MR) is 71.3 cm³/mol. The highest BCUT2D eigenvalue weighted by Gasteiger charge is 2.19. The van der Waals surface area contributed by atoms with Gasteiger partial charge in [-0.25, -0.2) is 14.0 Å². The molecule has 19 heavy (non-hydrogen) atoms. The van der Waals surface area contributed by atoms with Crippen LogP contribution in [0.1, 0.15) is 10.4 Å². The standard InChI is InChI=1S/C12H13FN2O3S/c13-8-1-2-9(11(16)17)10(7-8)14-12(18)15-3-5-19-6-4-15/h1-2,7H,3-6H2,(H,14,18)(H,16,17). The Morgan fingerprint density at radius 2 is 2.00 bits per heavy atom. The summed E-state index contributed by atoms with van der Waals surface area (Å²) in [6, 6.07) is 2.81. The fourth-order valence-corrected chi connectivity index (χ4v) is 2.67. The molecule has 2 amide bonds. The fourth-order valence-electron chi connectivity index (χ4n) is 1.77. The number of aromatic carboxylic acids is 1. The van der Waals surface area contributed by atoms with Gasteiger partial charge in [0.1, 0.15) is 5.82 Å². The van der Waals surface area contributed by atoms with Crippen molar-refractivity contribution in [2.24, 2.45) is 0 Å². The zero-order valence-electron chi connectivity index (χ0n) is 10.1. The van der Waals surface area contributed by atoms with E-state index in [9.17, 15) is 14.0 Å². The molecule has 0 aliphatic carbocycles. The summed E-state index contributed by atoms with van der Waals surface area (Å²) < 4.78 is 13.1. The van der Waals surface area contributed by atoms with Crippen molar-refractivity contribution in [3.05, 3.63) is 29.6 Å². The maximum Gasteiger partial charge on any atom is 0.337 e. The SMILES string of the molecule is O=C(O)c1ccc(F)cc1NC(=O)N1CCSCC1. The molecule has 0 spiro atoms. The number of halogens is 1. The smallest absolute Gasteiger partial charge is 0.337 e. The summed E-state index contributed by atoms with van der Waals surface area (Å²) in [7, 11) is 0. The Hall–Kier alpha value is -1.76. The molecule has 2 rings (SSSR count). The molecule has 2 N–H and O–H groups in total. The molecule has 1 aliphatic rings. The lowest BCUT2D eigenvalue weighted by atomic mass is 10.2. The van der Waals surface area contributed by atoms with Gasteiger partial charge in [-0.15, -0.1) is 0 Å². The summed E-state index contributed by atoms with van der Waals surface area (Å²) in [6.07, 6.45) is 0. The van der Waals surface area contributed by atoms with E-state index in [0.717, 1.165) is 29.7 Å². The Balaban J connectivity index is 2.15. The molecule has 7 heteroatoms. The molecular formula is C12H13FN2O3S. The minimum Gasteiger partial charge on any atom is -0.478 e. The van der Waals surface area contributed by atoms with Crippen molar-refractivity contribution in [2.45, 2.75) is 0 Å². The number of urea groups is 1. The summed E-state index contributed by atoms with van der Waals surface area (Å²) in [4.78, 5) is 24.5. The van der Waals surface area contributed by atoms with E-state index in [2.05, 4.69) is 5.32 Å². The van der Waals surface area contributed by atoms with E-state index in [-0.39, 0.29) is 11.3 Å². The topological polar surface area (TPSA) is 69.6 Å². The quantitative estimate of drug-likeness (QED) is 0.872. The van der Waals surface area contributed by atoms with Crippen LogP contribution in [-0.2, 0) is 0 Å². The number of hydrogen-bond acceptors (Lipinski definition) is 3. The first-order valence-electron chi connectivity index (χ1n) is 5.74. The first kappa shape index (κ1) is 13.7. The summed E-state index contributed by atoms with van der Waals surface area (Å²) in [5.74, 6) is -0.0935. The third-order valence-electron chi connectivity index (χ3n) is 2.75. The average molecular weight is 284 g/mol. The highest BCUT2D eigenvalue weighted by Crippen LogP contribution is 2.19. The van der Waals surface area contributed by atoms with Crippen molar-refractivity contribution in [1.82, 2.24) is 4.90 Å². The van der Waals surface area contributed by atoms with E-state index in [1.807, 2.05) is 0 Å². The van der Waals surface area contributed by atoms with Crippen molar-refractivity contribution in [2.75, 3.05) is 29.9 Å². The first-order chi connectivity index (χ1) is 9.08. The number of benzene rings is 1. The predicted octanol–water partition coefficient (Wildman–Crippen LogP) is 2.10. The largest absolute Gasteiger partial charge is 0.478 e. The third-order valence-corrected chi connectivity index (χ3v) is 3.69. The van der Waals surface area contributed by atoms with Gasteiger partial charge in [-0.1, -0.05) is 0 Å². The van der Waals surface area contributed by atoms with Crippen molar-refractivity contribution < 1.29 is 19.1 Å². The molecule has 0 atom stereocenters. The lowest BCUT2D eigenvalue weighted by Gasteiger charge is -2.26. The number of thioether (sulfide) groups is 1. The lowest BCUT2D eigenvalue weighted by molar-refractivity contribution is 0.0698. The molecule has 1 saturated heterocycles. The molecule has 0 bridgehead atoms. The second-order valence-corrected chi connectivity index (χ2v) is 5.25. The normalized spacial score (nSPS) is 15.1. The molecular weight excluding hydrogens is 271 g/mol. The summed E-state index contributed by atoms with van der Waals surface area (Å²) in [5.41, 5.74) is -0.142. The van der Waals surface area contributed by atoms with Crippen LogP contribution in [0, 0.1) is 5.82 Å². The zero-order valence-corrected chi connectivity index (χ0v) is 10.9. The summed E-state index contributed by atoms with van der Waals surface area (Å²) in [6.45, 7) is 1.21. The van der Waals surface area contributed by atoms with Gasteiger partial charge in [0.25, 0.3) is 0 Å². The van der Waals surface area contributed by atoms with Gasteiger partial charge in [0.05, 0.1) is 11.3 Å². The van der Waals surface area contributed by atoms with Crippen LogP contribution in [0.3, 0.4) is 0 Å². The third kappa shape index (κ3) is 3.37. The van der Waals surface area contributed by atoms with Crippen molar-refractivity contribution >= 4 is 29.4 Å². The zero-order chi connectivity index (χ0) is 13.8. The average Bonchev–Trinajstić information content (AvgIpc) is 2.39. The Kier molecular flexibility index (Phi) is 4.26. The highest BCUT2D eigenvalue weighted by atomic mass is 32.2. The van der Waals surface area contributed by atoms with E-state index in [0.29, 0.717) is 13.1 Å². The van der Waals surface area contributed by atoms with Crippen molar-refractivity contribution in [3.8, 4) is 0 Å². The van der Waals surface area contributed by atoms with Crippen LogP contribution in [0.4, 0.5) is 14.9 Å². The minimum absolute atomic E-state index is 0.0178. The number of carbonyl (C=O) groups is 2. The van der Waals surface area contributed by atoms with Crippen molar-refractivity contribution in [3.63, 3.8) is 0 Å².